The van der Waals surface area contributed by atoms with Crippen LogP contribution in [0.4, 0.5) is 0 Å². The van der Waals surface area contributed by atoms with Gasteiger partial charge in [-0.05, 0) is 18.6 Å². The Labute approximate surface area is 122 Å². The first kappa shape index (κ1) is 13.2. The molecule has 0 bridgehead atoms. The van der Waals surface area contributed by atoms with Gasteiger partial charge in [0.1, 0.15) is 5.82 Å². The second kappa shape index (κ2) is 5.71. The van der Waals surface area contributed by atoms with Gasteiger partial charge in [0.25, 0.3) is 5.56 Å². The Hall–Kier alpha value is -2.75. The predicted octanol–water partition coefficient (Wildman–Crippen LogP) is 2.73. The third-order valence-corrected chi connectivity index (χ3v) is 3.34. The highest BCUT2D eigenvalue weighted by Crippen LogP contribution is 2.18. The van der Waals surface area contributed by atoms with Crippen LogP contribution < -0.4 is 5.56 Å². The molecular formula is C17H15N3O. The van der Waals surface area contributed by atoms with E-state index in [2.05, 4.69) is 15.0 Å². The lowest BCUT2D eigenvalue weighted by atomic mass is 10.1. The van der Waals surface area contributed by atoms with E-state index >= 15 is 0 Å². The van der Waals surface area contributed by atoms with Gasteiger partial charge in [0.15, 0.2) is 0 Å². The number of nitrogens with one attached hydrogen (secondary N) is 1. The zero-order valence-electron chi connectivity index (χ0n) is 11.7. The second-order valence-electron chi connectivity index (χ2n) is 4.89. The molecule has 0 aliphatic rings. The highest BCUT2D eigenvalue weighted by Gasteiger charge is 2.09. The van der Waals surface area contributed by atoms with Crippen LogP contribution in [0.25, 0.3) is 11.3 Å². The maximum Gasteiger partial charge on any atom is 0.254 e. The van der Waals surface area contributed by atoms with Crippen molar-refractivity contribution in [2.24, 2.45) is 0 Å². The SMILES string of the molecule is Cc1c(-c2ccccc2)nc(Cc2cccnc2)[nH]c1=O. The quantitative estimate of drug-likeness (QED) is 0.800. The van der Waals surface area contributed by atoms with Crippen molar-refractivity contribution in [2.45, 2.75) is 13.3 Å². The second-order valence-corrected chi connectivity index (χ2v) is 4.89. The Bertz CT molecular complexity index is 795. The summed E-state index contributed by atoms with van der Waals surface area (Å²) >= 11 is 0. The number of hydrogen-bond acceptors (Lipinski definition) is 3. The molecule has 0 atom stereocenters. The molecule has 4 nitrogen and oxygen atoms in total. The van der Waals surface area contributed by atoms with Crippen molar-refractivity contribution in [3.05, 3.63) is 82.2 Å². The number of H-pyrrole nitrogens is 1. The summed E-state index contributed by atoms with van der Waals surface area (Å²) in [6, 6.07) is 13.6. The molecule has 3 aromatic rings. The van der Waals surface area contributed by atoms with E-state index in [9.17, 15) is 4.79 Å². The van der Waals surface area contributed by atoms with Gasteiger partial charge in [0.2, 0.25) is 0 Å². The van der Waals surface area contributed by atoms with Crippen molar-refractivity contribution >= 4 is 0 Å². The average molecular weight is 277 g/mol. The fourth-order valence-corrected chi connectivity index (χ4v) is 2.24. The molecule has 3 rings (SSSR count). The highest BCUT2D eigenvalue weighted by molar-refractivity contribution is 5.62. The van der Waals surface area contributed by atoms with E-state index in [-0.39, 0.29) is 5.56 Å². The van der Waals surface area contributed by atoms with E-state index < -0.39 is 0 Å². The molecule has 0 saturated carbocycles. The first-order valence-corrected chi connectivity index (χ1v) is 6.78. The molecule has 0 aliphatic carbocycles. The maximum absolute atomic E-state index is 12.1. The summed E-state index contributed by atoms with van der Waals surface area (Å²) in [5.41, 5.74) is 3.24. The molecule has 0 spiro atoms. The number of nitrogens with zero attached hydrogens (tertiary/aromatic N) is 2. The van der Waals surface area contributed by atoms with Gasteiger partial charge >= 0.3 is 0 Å². The molecule has 0 aliphatic heterocycles. The summed E-state index contributed by atoms with van der Waals surface area (Å²) in [5.74, 6) is 0.650. The molecule has 2 heterocycles. The molecule has 4 heteroatoms. The molecular weight excluding hydrogens is 262 g/mol. The molecule has 2 aromatic heterocycles. The van der Waals surface area contributed by atoms with E-state index in [1.807, 2.05) is 42.5 Å². The van der Waals surface area contributed by atoms with Crippen LogP contribution in [-0.4, -0.2) is 15.0 Å². The summed E-state index contributed by atoms with van der Waals surface area (Å²) in [7, 11) is 0. The Morgan fingerprint density at radius 1 is 1.10 bits per heavy atom. The molecule has 1 aromatic carbocycles. The Balaban J connectivity index is 2.04. The molecule has 0 unspecified atom stereocenters. The van der Waals surface area contributed by atoms with Crippen molar-refractivity contribution in [1.82, 2.24) is 15.0 Å². The van der Waals surface area contributed by atoms with E-state index in [0.717, 1.165) is 16.8 Å². The minimum Gasteiger partial charge on any atom is -0.310 e. The lowest BCUT2D eigenvalue weighted by Gasteiger charge is -2.08. The molecule has 104 valence electrons. The molecule has 1 N–H and O–H groups in total. The number of pyridine rings is 1. The normalized spacial score (nSPS) is 10.5. The Kier molecular flexibility index (Phi) is 3.60. The van der Waals surface area contributed by atoms with Crippen molar-refractivity contribution in [3.8, 4) is 11.3 Å². The zero-order chi connectivity index (χ0) is 14.7. The topological polar surface area (TPSA) is 58.6 Å². The van der Waals surface area contributed by atoms with Crippen LogP contribution in [0, 0.1) is 6.92 Å². The van der Waals surface area contributed by atoms with Gasteiger partial charge < -0.3 is 4.98 Å². The van der Waals surface area contributed by atoms with Crippen LogP contribution >= 0.6 is 0 Å². The van der Waals surface area contributed by atoms with E-state index in [1.54, 1.807) is 19.3 Å². The monoisotopic (exact) mass is 277 g/mol. The van der Waals surface area contributed by atoms with Crippen LogP contribution in [0.15, 0.2) is 59.7 Å². The van der Waals surface area contributed by atoms with Crippen LogP contribution in [0.5, 0.6) is 0 Å². The third-order valence-electron chi connectivity index (χ3n) is 3.34. The first-order valence-electron chi connectivity index (χ1n) is 6.78. The van der Waals surface area contributed by atoms with Gasteiger partial charge in [0.05, 0.1) is 5.69 Å². The molecule has 0 saturated heterocycles. The van der Waals surface area contributed by atoms with Crippen molar-refractivity contribution in [2.75, 3.05) is 0 Å². The van der Waals surface area contributed by atoms with Gasteiger partial charge in [-0.15, -0.1) is 0 Å². The summed E-state index contributed by atoms with van der Waals surface area (Å²) < 4.78 is 0. The van der Waals surface area contributed by atoms with Gasteiger partial charge in [-0.25, -0.2) is 4.98 Å². The van der Waals surface area contributed by atoms with Gasteiger partial charge in [-0.3, -0.25) is 9.78 Å². The summed E-state index contributed by atoms with van der Waals surface area (Å²) in [4.78, 5) is 23.6. The average Bonchev–Trinajstić information content (AvgIpc) is 2.52. The lowest BCUT2D eigenvalue weighted by molar-refractivity contribution is 0.930. The molecule has 0 fully saturated rings. The van der Waals surface area contributed by atoms with Crippen LogP contribution in [0.3, 0.4) is 0 Å². The van der Waals surface area contributed by atoms with Gasteiger partial charge in [-0.2, -0.15) is 0 Å². The standard InChI is InChI=1S/C17H15N3O/c1-12-16(14-7-3-2-4-8-14)19-15(20-17(12)21)10-13-6-5-9-18-11-13/h2-9,11H,10H2,1H3,(H,19,20,21). The van der Waals surface area contributed by atoms with Gasteiger partial charge in [0, 0.05) is 29.9 Å². The fraction of sp³-hybridized carbons (Fsp3) is 0.118. The van der Waals surface area contributed by atoms with E-state index in [0.29, 0.717) is 17.8 Å². The number of aromatic nitrogens is 3. The predicted molar refractivity (Wildman–Crippen MR) is 82.1 cm³/mol. The third kappa shape index (κ3) is 2.89. The number of rotatable bonds is 3. The minimum atomic E-state index is -0.0947. The first-order chi connectivity index (χ1) is 10.2. The summed E-state index contributed by atoms with van der Waals surface area (Å²) in [6.45, 7) is 1.79. The van der Waals surface area contributed by atoms with Crippen LogP contribution in [0.1, 0.15) is 17.0 Å². The molecule has 0 radical (unpaired) electrons. The van der Waals surface area contributed by atoms with Crippen molar-refractivity contribution in [3.63, 3.8) is 0 Å². The Morgan fingerprint density at radius 3 is 2.62 bits per heavy atom. The lowest BCUT2D eigenvalue weighted by Crippen LogP contribution is -2.16. The number of benzene rings is 1. The zero-order valence-corrected chi connectivity index (χ0v) is 11.7. The number of hydrogen-bond donors (Lipinski definition) is 1. The smallest absolute Gasteiger partial charge is 0.254 e. The summed E-state index contributed by atoms with van der Waals surface area (Å²) in [5, 5.41) is 0. The Morgan fingerprint density at radius 2 is 1.90 bits per heavy atom. The van der Waals surface area contributed by atoms with Crippen LogP contribution in [-0.2, 0) is 6.42 Å². The molecule has 0 amide bonds. The summed E-state index contributed by atoms with van der Waals surface area (Å²) in [6.07, 6.45) is 4.06. The fourth-order valence-electron chi connectivity index (χ4n) is 2.24. The van der Waals surface area contributed by atoms with E-state index in [4.69, 9.17) is 0 Å². The largest absolute Gasteiger partial charge is 0.310 e. The maximum atomic E-state index is 12.1. The molecule has 21 heavy (non-hydrogen) atoms. The van der Waals surface area contributed by atoms with Crippen molar-refractivity contribution < 1.29 is 0 Å². The van der Waals surface area contributed by atoms with E-state index in [1.165, 1.54) is 0 Å². The van der Waals surface area contributed by atoms with Crippen LogP contribution in [0.2, 0.25) is 0 Å². The number of aromatic amines is 1. The van der Waals surface area contributed by atoms with Gasteiger partial charge in [-0.1, -0.05) is 36.4 Å². The highest BCUT2D eigenvalue weighted by atomic mass is 16.1. The van der Waals surface area contributed by atoms with Crippen molar-refractivity contribution in [1.29, 1.82) is 0 Å². The minimum absolute atomic E-state index is 0.0947.